The van der Waals surface area contributed by atoms with Gasteiger partial charge in [0.1, 0.15) is 0 Å². The van der Waals surface area contributed by atoms with E-state index < -0.39 is 23.6 Å². The molecule has 0 aromatic heterocycles. The van der Waals surface area contributed by atoms with Gasteiger partial charge in [0.15, 0.2) is 0 Å². The second kappa shape index (κ2) is 5.73. The van der Waals surface area contributed by atoms with Gasteiger partial charge < -0.3 is 0 Å². The molecular formula is C4H12AsN2O4P. The van der Waals surface area contributed by atoms with Crippen molar-refractivity contribution >= 4 is 29.4 Å². The second-order valence-electron chi connectivity index (χ2n) is 2.03. The van der Waals surface area contributed by atoms with Crippen molar-refractivity contribution < 1.29 is 18.9 Å². The molecule has 0 spiro atoms. The Kier molecular flexibility index (Phi) is 5.79. The molecule has 1 unspecified atom stereocenters. The third kappa shape index (κ3) is 10.1. The van der Waals surface area contributed by atoms with Crippen molar-refractivity contribution in [2.45, 2.75) is 10.4 Å². The summed E-state index contributed by atoms with van der Waals surface area (Å²) in [7, 11) is -4.29. The Labute approximate surface area is 76.9 Å². The SMILES string of the molecule is N=C(N)C[AsH]CCOP(=O)(O)O. The van der Waals surface area contributed by atoms with Crippen LogP contribution in [0.25, 0.3) is 0 Å². The van der Waals surface area contributed by atoms with E-state index in [4.69, 9.17) is 20.9 Å². The Balaban J connectivity index is 3.23. The first kappa shape index (κ1) is 12.1. The molecule has 0 aliphatic rings. The molecular weight excluding hydrogens is 246 g/mol. The summed E-state index contributed by atoms with van der Waals surface area (Å²) in [6.07, 6.45) is 0. The normalized spacial score (nSPS) is 12.5. The van der Waals surface area contributed by atoms with E-state index in [-0.39, 0.29) is 12.4 Å². The summed E-state index contributed by atoms with van der Waals surface area (Å²) in [6.45, 7) is 0.0531. The molecule has 8 heteroatoms. The number of nitrogens with two attached hydrogens (primary N) is 1. The van der Waals surface area contributed by atoms with Crippen molar-refractivity contribution in [2.24, 2.45) is 5.73 Å². The molecule has 0 heterocycles. The molecule has 12 heavy (non-hydrogen) atoms. The van der Waals surface area contributed by atoms with Gasteiger partial charge in [-0.05, 0) is 0 Å². The minimum absolute atomic E-state index is 0.0531. The van der Waals surface area contributed by atoms with Crippen molar-refractivity contribution in [3.63, 3.8) is 0 Å². The maximum atomic E-state index is 10.1. The molecule has 0 saturated heterocycles. The van der Waals surface area contributed by atoms with Gasteiger partial charge in [-0.3, -0.25) is 0 Å². The Morgan fingerprint density at radius 3 is 2.67 bits per heavy atom. The quantitative estimate of drug-likeness (QED) is 0.165. The van der Waals surface area contributed by atoms with Gasteiger partial charge in [-0.15, -0.1) is 0 Å². The Hall–Kier alpha value is 0.138. The topological polar surface area (TPSA) is 117 Å². The fraction of sp³-hybridized carbons (Fsp3) is 0.750. The zero-order valence-corrected chi connectivity index (χ0v) is 9.35. The van der Waals surface area contributed by atoms with Gasteiger partial charge in [0.2, 0.25) is 0 Å². The van der Waals surface area contributed by atoms with E-state index in [9.17, 15) is 4.57 Å². The predicted octanol–water partition coefficient (Wildman–Crippen LogP) is -0.695. The summed E-state index contributed by atoms with van der Waals surface area (Å²) in [4.78, 5) is 16.5. The number of nitrogens with one attached hydrogen (secondary N) is 1. The first-order chi connectivity index (χ1) is 5.42. The summed E-state index contributed by atoms with van der Waals surface area (Å²) >= 11 is -0.410. The first-order valence-electron chi connectivity index (χ1n) is 3.15. The predicted molar refractivity (Wildman–Crippen MR) is 46.7 cm³/mol. The summed E-state index contributed by atoms with van der Waals surface area (Å²) in [6, 6.07) is 0. The third-order valence-electron chi connectivity index (χ3n) is 0.854. The summed E-state index contributed by atoms with van der Waals surface area (Å²) in [5.74, 6) is 0.131. The van der Waals surface area contributed by atoms with Crippen LogP contribution in [0.2, 0.25) is 10.4 Å². The fourth-order valence-corrected chi connectivity index (χ4v) is 2.60. The Morgan fingerprint density at radius 2 is 2.25 bits per heavy atom. The van der Waals surface area contributed by atoms with Crippen LogP contribution >= 0.6 is 7.82 Å². The summed E-state index contributed by atoms with van der Waals surface area (Å²) in [5.41, 5.74) is 5.08. The van der Waals surface area contributed by atoms with Crippen LogP contribution in [-0.4, -0.2) is 38.0 Å². The van der Waals surface area contributed by atoms with E-state index in [1.807, 2.05) is 0 Å². The molecule has 0 aliphatic heterocycles. The van der Waals surface area contributed by atoms with Gasteiger partial charge in [0.05, 0.1) is 0 Å². The molecule has 5 N–H and O–H groups in total. The van der Waals surface area contributed by atoms with Crippen LogP contribution in [-0.2, 0) is 9.09 Å². The number of rotatable bonds is 6. The molecule has 0 aromatic carbocycles. The van der Waals surface area contributed by atoms with Gasteiger partial charge in [0, 0.05) is 0 Å². The van der Waals surface area contributed by atoms with Crippen LogP contribution in [0, 0.1) is 5.41 Å². The Bertz CT molecular complexity index is 193. The van der Waals surface area contributed by atoms with E-state index in [0.717, 1.165) is 0 Å². The van der Waals surface area contributed by atoms with E-state index in [1.165, 1.54) is 0 Å². The minimum atomic E-state index is -4.29. The zero-order valence-electron chi connectivity index (χ0n) is 6.36. The monoisotopic (exact) mass is 258 g/mol. The van der Waals surface area contributed by atoms with Crippen molar-refractivity contribution in [2.75, 3.05) is 6.61 Å². The van der Waals surface area contributed by atoms with E-state index >= 15 is 0 Å². The van der Waals surface area contributed by atoms with Gasteiger partial charge >= 0.3 is 76.5 Å². The average Bonchev–Trinajstić information content (AvgIpc) is 1.83. The molecule has 1 atom stereocenters. The second-order valence-corrected chi connectivity index (χ2v) is 6.11. The average molecular weight is 258 g/mol. The molecule has 72 valence electrons. The molecule has 0 aromatic rings. The van der Waals surface area contributed by atoms with Crippen LogP contribution < -0.4 is 5.73 Å². The third-order valence-corrected chi connectivity index (χ3v) is 3.87. The van der Waals surface area contributed by atoms with Crippen molar-refractivity contribution in [3.05, 3.63) is 0 Å². The molecule has 0 fully saturated rings. The number of hydrogen-bond donors (Lipinski definition) is 4. The van der Waals surface area contributed by atoms with Crippen molar-refractivity contribution in [1.82, 2.24) is 0 Å². The first-order valence-corrected chi connectivity index (χ1v) is 7.65. The maximum absolute atomic E-state index is 10.1. The molecule has 0 aliphatic carbocycles. The molecule has 0 rings (SSSR count). The van der Waals surface area contributed by atoms with Crippen molar-refractivity contribution in [3.8, 4) is 0 Å². The number of phosphoric acid groups is 1. The van der Waals surface area contributed by atoms with Crippen LogP contribution in [0.15, 0.2) is 0 Å². The van der Waals surface area contributed by atoms with E-state index in [2.05, 4.69) is 4.52 Å². The van der Waals surface area contributed by atoms with Crippen LogP contribution in [0.4, 0.5) is 0 Å². The molecule has 6 nitrogen and oxygen atoms in total. The van der Waals surface area contributed by atoms with Gasteiger partial charge in [-0.25, -0.2) is 0 Å². The van der Waals surface area contributed by atoms with Gasteiger partial charge in [0.25, 0.3) is 0 Å². The van der Waals surface area contributed by atoms with Gasteiger partial charge in [-0.2, -0.15) is 0 Å². The van der Waals surface area contributed by atoms with Crippen molar-refractivity contribution in [1.29, 1.82) is 5.41 Å². The standard InChI is InChI=1S/C4H12AsN2O4P/c6-4(7)3-5-1-2-11-12(8,9)10/h5H,1-3H2,(H3,6,7)(H2,8,9,10). The molecule has 0 radical (unpaired) electrons. The van der Waals surface area contributed by atoms with Gasteiger partial charge in [-0.1, -0.05) is 0 Å². The van der Waals surface area contributed by atoms with Crippen LogP contribution in [0.3, 0.4) is 0 Å². The fourth-order valence-electron chi connectivity index (χ4n) is 0.460. The summed E-state index contributed by atoms with van der Waals surface area (Å²) in [5, 5.41) is 8.04. The number of phosphoric ester groups is 1. The van der Waals surface area contributed by atoms with Crippen LogP contribution in [0.1, 0.15) is 0 Å². The zero-order chi connectivity index (χ0) is 9.61. The molecule has 0 bridgehead atoms. The molecule has 0 saturated carbocycles. The summed E-state index contributed by atoms with van der Waals surface area (Å²) < 4.78 is 14.3. The van der Waals surface area contributed by atoms with Crippen LogP contribution in [0.5, 0.6) is 0 Å². The van der Waals surface area contributed by atoms with E-state index in [1.54, 1.807) is 0 Å². The number of amidine groups is 1. The molecule has 0 amide bonds. The van der Waals surface area contributed by atoms with E-state index in [0.29, 0.717) is 10.4 Å². The number of hydrogen-bond acceptors (Lipinski definition) is 3. The Morgan fingerprint density at radius 1 is 1.67 bits per heavy atom.